The predicted molar refractivity (Wildman–Crippen MR) is 75.9 cm³/mol. The van der Waals surface area contributed by atoms with Crippen molar-refractivity contribution in [2.45, 2.75) is 45.6 Å². The van der Waals surface area contributed by atoms with Crippen LogP contribution in [-0.2, 0) is 4.74 Å². The van der Waals surface area contributed by atoms with Crippen molar-refractivity contribution in [2.75, 3.05) is 46.4 Å². The topological polar surface area (TPSA) is 15.7 Å². The summed E-state index contributed by atoms with van der Waals surface area (Å²) in [6, 6.07) is 0.882. The molecule has 1 spiro atoms. The second-order valence-electron chi connectivity index (χ2n) is 6.01. The van der Waals surface area contributed by atoms with Gasteiger partial charge in [0.25, 0.3) is 0 Å². The zero-order chi connectivity index (χ0) is 13.0. The van der Waals surface area contributed by atoms with E-state index >= 15 is 0 Å². The van der Waals surface area contributed by atoms with Crippen LogP contribution in [0.25, 0.3) is 0 Å². The van der Waals surface area contributed by atoms with Crippen LogP contribution in [0, 0.1) is 5.41 Å². The summed E-state index contributed by atoms with van der Waals surface area (Å²) >= 11 is 0. The number of hydrogen-bond donors (Lipinski definition) is 0. The first-order valence-electron chi connectivity index (χ1n) is 7.78. The first kappa shape index (κ1) is 14.3. The number of ether oxygens (including phenoxy) is 1. The van der Waals surface area contributed by atoms with E-state index in [0.29, 0.717) is 0 Å². The first-order chi connectivity index (χ1) is 8.77. The number of hydrogen-bond acceptors (Lipinski definition) is 3. The second-order valence-corrected chi connectivity index (χ2v) is 6.01. The molecule has 0 amide bonds. The SMILES string of the molecule is CC.CN1CCC2(CC1)CC(N1CCOCC1)C2. The van der Waals surface area contributed by atoms with Crippen molar-refractivity contribution in [2.24, 2.45) is 5.41 Å². The molecule has 2 saturated heterocycles. The van der Waals surface area contributed by atoms with E-state index in [4.69, 9.17) is 4.74 Å². The van der Waals surface area contributed by atoms with Crippen molar-refractivity contribution in [3.8, 4) is 0 Å². The van der Waals surface area contributed by atoms with Crippen LogP contribution < -0.4 is 0 Å². The van der Waals surface area contributed by atoms with E-state index in [2.05, 4.69) is 16.8 Å². The highest BCUT2D eigenvalue weighted by atomic mass is 16.5. The average molecular weight is 254 g/mol. The Labute approximate surface area is 112 Å². The van der Waals surface area contributed by atoms with Crippen LogP contribution >= 0.6 is 0 Å². The Kier molecular flexibility index (Phi) is 5.05. The predicted octanol–water partition coefficient (Wildman–Crippen LogP) is 2.22. The van der Waals surface area contributed by atoms with Crippen molar-refractivity contribution in [1.82, 2.24) is 9.80 Å². The minimum atomic E-state index is 0.732. The van der Waals surface area contributed by atoms with Gasteiger partial charge in [0, 0.05) is 19.1 Å². The van der Waals surface area contributed by atoms with Gasteiger partial charge in [-0.1, -0.05) is 13.8 Å². The van der Waals surface area contributed by atoms with Gasteiger partial charge in [-0.3, -0.25) is 4.90 Å². The maximum atomic E-state index is 5.42. The van der Waals surface area contributed by atoms with Crippen molar-refractivity contribution >= 4 is 0 Å². The van der Waals surface area contributed by atoms with Crippen LogP contribution in [0.4, 0.5) is 0 Å². The van der Waals surface area contributed by atoms with Crippen molar-refractivity contribution in [3.05, 3.63) is 0 Å². The molecular weight excluding hydrogens is 224 g/mol. The summed E-state index contributed by atoms with van der Waals surface area (Å²) < 4.78 is 5.42. The summed E-state index contributed by atoms with van der Waals surface area (Å²) in [5.41, 5.74) is 0.732. The largest absolute Gasteiger partial charge is 0.379 e. The maximum Gasteiger partial charge on any atom is 0.0594 e. The molecule has 0 aromatic heterocycles. The van der Waals surface area contributed by atoms with Gasteiger partial charge in [-0.05, 0) is 51.2 Å². The number of nitrogens with zero attached hydrogens (tertiary/aromatic N) is 2. The van der Waals surface area contributed by atoms with Gasteiger partial charge in [-0.15, -0.1) is 0 Å². The fraction of sp³-hybridized carbons (Fsp3) is 1.00. The Morgan fingerprint density at radius 3 is 2.06 bits per heavy atom. The fourth-order valence-electron chi connectivity index (χ4n) is 3.64. The van der Waals surface area contributed by atoms with Crippen LogP contribution in [0.1, 0.15) is 39.5 Å². The molecule has 3 rings (SSSR count). The van der Waals surface area contributed by atoms with E-state index in [-0.39, 0.29) is 0 Å². The van der Waals surface area contributed by atoms with Gasteiger partial charge in [0.05, 0.1) is 13.2 Å². The van der Waals surface area contributed by atoms with Crippen molar-refractivity contribution in [1.29, 1.82) is 0 Å². The van der Waals surface area contributed by atoms with E-state index in [9.17, 15) is 0 Å². The van der Waals surface area contributed by atoms with Crippen LogP contribution in [-0.4, -0.2) is 62.3 Å². The lowest BCUT2D eigenvalue weighted by Crippen LogP contribution is -2.56. The minimum absolute atomic E-state index is 0.732. The van der Waals surface area contributed by atoms with E-state index in [1.807, 2.05) is 13.8 Å². The van der Waals surface area contributed by atoms with Crippen LogP contribution in [0.2, 0.25) is 0 Å². The fourth-order valence-corrected chi connectivity index (χ4v) is 3.64. The highest BCUT2D eigenvalue weighted by Crippen LogP contribution is 2.50. The second kappa shape index (κ2) is 6.36. The molecule has 3 heteroatoms. The molecule has 2 aliphatic heterocycles. The number of likely N-dealkylation sites (tertiary alicyclic amines) is 1. The molecule has 0 radical (unpaired) electrons. The van der Waals surface area contributed by atoms with Crippen molar-refractivity contribution < 1.29 is 4.74 Å². The van der Waals surface area contributed by atoms with E-state index in [1.54, 1.807) is 0 Å². The highest BCUT2D eigenvalue weighted by Gasteiger charge is 2.47. The summed E-state index contributed by atoms with van der Waals surface area (Å²) in [5.74, 6) is 0. The summed E-state index contributed by atoms with van der Waals surface area (Å²) in [6.45, 7) is 10.9. The zero-order valence-electron chi connectivity index (χ0n) is 12.5. The molecule has 0 atom stereocenters. The Morgan fingerprint density at radius 1 is 0.944 bits per heavy atom. The molecule has 0 unspecified atom stereocenters. The molecule has 3 aliphatic rings. The zero-order valence-corrected chi connectivity index (χ0v) is 12.5. The Morgan fingerprint density at radius 2 is 1.50 bits per heavy atom. The Hall–Kier alpha value is -0.120. The third-order valence-electron chi connectivity index (χ3n) is 4.95. The summed E-state index contributed by atoms with van der Waals surface area (Å²) in [6.07, 6.45) is 5.79. The van der Waals surface area contributed by atoms with Gasteiger partial charge in [0.15, 0.2) is 0 Å². The molecule has 0 aromatic carbocycles. The van der Waals surface area contributed by atoms with Gasteiger partial charge < -0.3 is 9.64 Å². The van der Waals surface area contributed by atoms with Crippen LogP contribution in [0.3, 0.4) is 0 Å². The van der Waals surface area contributed by atoms with Crippen LogP contribution in [0.15, 0.2) is 0 Å². The number of morpholine rings is 1. The van der Waals surface area contributed by atoms with Gasteiger partial charge in [-0.25, -0.2) is 0 Å². The van der Waals surface area contributed by atoms with Crippen molar-refractivity contribution in [3.63, 3.8) is 0 Å². The summed E-state index contributed by atoms with van der Waals surface area (Å²) in [4.78, 5) is 5.14. The van der Waals surface area contributed by atoms with E-state index in [0.717, 1.165) is 24.7 Å². The number of piperidine rings is 1. The monoisotopic (exact) mass is 254 g/mol. The molecule has 106 valence electrons. The minimum Gasteiger partial charge on any atom is -0.379 e. The van der Waals surface area contributed by atoms with Gasteiger partial charge >= 0.3 is 0 Å². The lowest BCUT2D eigenvalue weighted by Gasteiger charge is -2.55. The summed E-state index contributed by atoms with van der Waals surface area (Å²) in [5, 5.41) is 0. The molecule has 3 nitrogen and oxygen atoms in total. The van der Waals surface area contributed by atoms with Gasteiger partial charge in [0.1, 0.15) is 0 Å². The lowest BCUT2D eigenvalue weighted by atomic mass is 9.60. The Bertz CT molecular complexity index is 235. The lowest BCUT2D eigenvalue weighted by molar-refractivity contribution is -0.0711. The summed E-state index contributed by atoms with van der Waals surface area (Å²) in [7, 11) is 2.25. The quantitative estimate of drug-likeness (QED) is 0.713. The molecule has 0 aromatic rings. The average Bonchev–Trinajstić information content (AvgIpc) is 2.41. The third-order valence-corrected chi connectivity index (χ3v) is 4.95. The molecule has 3 fully saturated rings. The molecule has 1 saturated carbocycles. The smallest absolute Gasteiger partial charge is 0.0594 e. The van der Waals surface area contributed by atoms with E-state index in [1.165, 1.54) is 51.9 Å². The van der Waals surface area contributed by atoms with E-state index < -0.39 is 0 Å². The van der Waals surface area contributed by atoms with Gasteiger partial charge in [0.2, 0.25) is 0 Å². The standard InChI is InChI=1S/C13H24N2O.C2H6/c1-14-4-2-13(3-5-14)10-12(11-13)15-6-8-16-9-7-15;1-2/h12H,2-11H2,1H3;1-2H3. The van der Waals surface area contributed by atoms with Crippen LogP contribution in [0.5, 0.6) is 0 Å². The molecule has 0 N–H and O–H groups in total. The van der Waals surface area contributed by atoms with Gasteiger partial charge in [-0.2, -0.15) is 0 Å². The molecular formula is C15H30N2O. The number of rotatable bonds is 1. The molecule has 18 heavy (non-hydrogen) atoms. The first-order valence-corrected chi connectivity index (χ1v) is 7.78. The maximum absolute atomic E-state index is 5.42. The Balaban J connectivity index is 0.000000574. The molecule has 0 bridgehead atoms. The molecule has 2 heterocycles. The third kappa shape index (κ3) is 3.06. The molecule has 1 aliphatic carbocycles. The highest BCUT2D eigenvalue weighted by molar-refractivity contribution is 5.01. The normalized spacial score (nSPS) is 29.5.